The molecule has 0 bridgehead atoms. The number of hydrogen-bond donors (Lipinski definition) is 2. The number of halogens is 3. The summed E-state index contributed by atoms with van der Waals surface area (Å²) in [5.41, 5.74) is 3.97. The molecule has 0 spiro atoms. The van der Waals surface area contributed by atoms with Crippen LogP contribution in [0, 0.1) is 18.4 Å². The van der Waals surface area contributed by atoms with Crippen molar-refractivity contribution in [2.45, 2.75) is 44.4 Å². The lowest BCUT2D eigenvalue weighted by Crippen LogP contribution is -2.36. The number of benzene rings is 2. The number of likely N-dealkylation sites (tertiary alicyclic amines) is 1. The number of ether oxygens (including phenoxy) is 1. The molecule has 2 N–H and O–H groups in total. The van der Waals surface area contributed by atoms with Gasteiger partial charge in [-0.3, -0.25) is 4.90 Å². The van der Waals surface area contributed by atoms with Crippen LogP contribution in [-0.4, -0.2) is 60.0 Å². The Kier molecular flexibility index (Phi) is 7.86. The maximum atomic E-state index is 13.0. The topological polar surface area (TPSA) is 83.7 Å². The summed E-state index contributed by atoms with van der Waals surface area (Å²) in [7, 11) is -2.88. The Morgan fingerprint density at radius 1 is 1.10 bits per heavy atom. The monoisotopic (exact) mass is 612 g/mol. The predicted molar refractivity (Wildman–Crippen MR) is 162 cm³/mol. The molecule has 3 atom stereocenters. The van der Waals surface area contributed by atoms with E-state index in [2.05, 4.69) is 47.2 Å². The zero-order chi connectivity index (χ0) is 29.6. The maximum absolute atomic E-state index is 13.0. The minimum Gasteiger partial charge on any atom is -0.435 e. The number of piperidine rings is 1. The number of fused-ring (bicyclic) bond motifs is 2. The molecule has 1 aliphatic heterocycles. The van der Waals surface area contributed by atoms with Gasteiger partial charge in [-0.1, -0.05) is 17.7 Å². The van der Waals surface area contributed by atoms with E-state index in [1.54, 1.807) is 13.3 Å². The lowest BCUT2D eigenvalue weighted by Gasteiger charge is -2.27. The molecule has 3 aromatic rings. The van der Waals surface area contributed by atoms with E-state index >= 15 is 0 Å². The van der Waals surface area contributed by atoms with E-state index in [1.807, 2.05) is 6.07 Å². The zero-order valence-corrected chi connectivity index (χ0v) is 25.0. The second-order valence-electron chi connectivity index (χ2n) is 11.7. The van der Waals surface area contributed by atoms with Gasteiger partial charge >= 0.3 is 6.61 Å². The van der Waals surface area contributed by atoms with Crippen LogP contribution in [0.1, 0.15) is 24.0 Å². The summed E-state index contributed by atoms with van der Waals surface area (Å²) in [6.07, 6.45) is 5.73. The molecule has 2 aromatic carbocycles. The Morgan fingerprint density at radius 3 is 2.52 bits per heavy atom. The quantitative estimate of drug-likeness (QED) is 0.169. The van der Waals surface area contributed by atoms with Crippen molar-refractivity contribution in [3.8, 4) is 5.75 Å². The molecule has 12 heteroatoms. The van der Waals surface area contributed by atoms with Gasteiger partial charge in [0.1, 0.15) is 17.9 Å². The van der Waals surface area contributed by atoms with Gasteiger partial charge in [-0.25, -0.2) is 11.6 Å². The van der Waals surface area contributed by atoms with Crippen molar-refractivity contribution in [1.82, 2.24) is 14.9 Å². The summed E-state index contributed by atoms with van der Waals surface area (Å²) in [6.45, 7) is 9.57. The highest BCUT2D eigenvalue weighted by Crippen LogP contribution is 2.49. The van der Waals surface area contributed by atoms with Gasteiger partial charge in [0.05, 0.1) is 23.7 Å². The fourth-order valence-corrected chi connectivity index (χ4v) is 7.65. The second kappa shape index (κ2) is 11.4. The number of nitrogens with one attached hydrogen (secondary N) is 2. The van der Waals surface area contributed by atoms with Crippen molar-refractivity contribution in [2.24, 2.45) is 11.8 Å². The number of hydrogen-bond acceptors (Lipinski definition) is 7. The molecule has 220 valence electrons. The SMILES string of the molecule is [C-]#[N+]C1C2CN([C@@H]3CCc4ccc(Nc5ncc(Cl)c(Nc6ccc(OC(F)F)cc6P(C)(C)=O)n5)cc4CC3)CC21. The Morgan fingerprint density at radius 2 is 1.83 bits per heavy atom. The highest BCUT2D eigenvalue weighted by Gasteiger charge is 2.62. The molecule has 0 radical (unpaired) electrons. The molecule has 1 aromatic heterocycles. The minimum absolute atomic E-state index is 0.0779. The number of rotatable bonds is 8. The Balaban J connectivity index is 1.15. The maximum Gasteiger partial charge on any atom is 0.387 e. The van der Waals surface area contributed by atoms with E-state index in [4.69, 9.17) is 18.2 Å². The first-order valence-corrected chi connectivity index (χ1v) is 17.0. The molecular formula is C30H32ClF2N6O2P. The molecule has 0 amide bonds. The molecular weight excluding hydrogens is 581 g/mol. The summed E-state index contributed by atoms with van der Waals surface area (Å²) in [4.78, 5) is 15.3. The molecule has 2 heterocycles. The Bertz CT molecular complexity index is 1580. The highest BCUT2D eigenvalue weighted by atomic mass is 35.5. The average molecular weight is 613 g/mol. The first-order valence-electron chi connectivity index (χ1n) is 14.0. The van der Waals surface area contributed by atoms with E-state index in [0.29, 0.717) is 34.8 Å². The van der Waals surface area contributed by atoms with Gasteiger partial charge in [0.2, 0.25) is 12.0 Å². The second-order valence-corrected chi connectivity index (χ2v) is 15.3. The largest absolute Gasteiger partial charge is 0.435 e. The van der Waals surface area contributed by atoms with Crippen LogP contribution in [-0.2, 0) is 17.4 Å². The van der Waals surface area contributed by atoms with Crippen molar-refractivity contribution >= 4 is 47.2 Å². The van der Waals surface area contributed by atoms with E-state index in [1.165, 1.54) is 35.5 Å². The van der Waals surface area contributed by atoms with Gasteiger partial charge in [-0.15, -0.1) is 0 Å². The minimum atomic E-state index is -2.99. The summed E-state index contributed by atoms with van der Waals surface area (Å²) >= 11 is 6.40. The fourth-order valence-electron chi connectivity index (χ4n) is 6.36. The third kappa shape index (κ3) is 6.10. The van der Waals surface area contributed by atoms with Gasteiger partial charge in [-0.2, -0.15) is 13.8 Å². The summed E-state index contributed by atoms with van der Waals surface area (Å²) in [5, 5.41) is 6.96. The molecule has 1 saturated carbocycles. The number of alkyl halides is 2. The van der Waals surface area contributed by atoms with Crippen LogP contribution in [0.4, 0.5) is 31.9 Å². The zero-order valence-electron chi connectivity index (χ0n) is 23.4. The van der Waals surface area contributed by atoms with Gasteiger partial charge in [0.15, 0.2) is 5.82 Å². The smallest absolute Gasteiger partial charge is 0.387 e. The van der Waals surface area contributed by atoms with Crippen molar-refractivity contribution in [1.29, 1.82) is 0 Å². The number of nitrogens with zero attached hydrogens (tertiary/aromatic N) is 4. The molecule has 42 heavy (non-hydrogen) atoms. The normalized spacial score (nSPS) is 23.5. The van der Waals surface area contributed by atoms with E-state index in [-0.39, 0.29) is 22.6 Å². The van der Waals surface area contributed by atoms with Crippen molar-refractivity contribution in [3.05, 3.63) is 70.2 Å². The van der Waals surface area contributed by atoms with Gasteiger partial charge in [-0.05, 0) is 80.5 Å². The van der Waals surface area contributed by atoms with Gasteiger partial charge < -0.3 is 24.8 Å². The molecule has 2 unspecified atom stereocenters. The van der Waals surface area contributed by atoms with Gasteiger partial charge in [0.25, 0.3) is 0 Å². The molecule has 2 fully saturated rings. The van der Waals surface area contributed by atoms with Crippen LogP contribution < -0.4 is 20.7 Å². The molecule has 2 aliphatic carbocycles. The molecule has 8 nitrogen and oxygen atoms in total. The number of aromatic nitrogens is 2. The van der Waals surface area contributed by atoms with Crippen LogP contribution in [0.15, 0.2) is 42.6 Å². The Labute approximate surface area is 249 Å². The third-order valence-corrected chi connectivity index (χ3v) is 10.4. The average Bonchev–Trinajstić information content (AvgIpc) is 3.50. The standard InChI is InChI=1S/C30H32ClF2N6O2P/c1-34-27-22-15-39(16-23(22)27)20-8-5-17-4-7-19(12-18(17)6-9-20)36-30-35-14-24(31)28(38-30)37-25-11-10-21(41-29(32)33)13-26(25)42(2,3)40/h4,7,10-14,20,22-23,27,29H,5-6,8-9,15-16H2,2-3H3,(H2,35,36,37,38)/t20-,22?,23?,27?/m1/s1. The van der Waals surface area contributed by atoms with Crippen LogP contribution in [0.5, 0.6) is 5.75 Å². The van der Waals surface area contributed by atoms with Crippen molar-refractivity contribution in [3.63, 3.8) is 0 Å². The summed E-state index contributed by atoms with van der Waals surface area (Å²) in [6, 6.07) is 11.4. The van der Waals surface area contributed by atoms with Gasteiger partial charge in [0, 0.05) is 30.1 Å². The van der Waals surface area contributed by atoms with Crippen LogP contribution in [0.2, 0.25) is 5.02 Å². The molecule has 1 saturated heterocycles. The van der Waals surface area contributed by atoms with Crippen molar-refractivity contribution in [2.75, 3.05) is 37.1 Å². The Hall–Kier alpha value is -3.25. The first kappa shape index (κ1) is 28.9. The lowest BCUT2D eigenvalue weighted by atomic mass is 10.0. The fraction of sp³-hybridized carbons (Fsp3) is 0.433. The van der Waals surface area contributed by atoms with Crippen LogP contribution in [0.3, 0.4) is 0 Å². The van der Waals surface area contributed by atoms with E-state index < -0.39 is 13.8 Å². The molecule has 6 rings (SSSR count). The van der Waals surface area contributed by atoms with Crippen LogP contribution in [0.25, 0.3) is 4.85 Å². The number of anilines is 4. The highest BCUT2D eigenvalue weighted by molar-refractivity contribution is 7.70. The summed E-state index contributed by atoms with van der Waals surface area (Å²) < 4.78 is 43.0. The first-order chi connectivity index (χ1) is 20.1. The third-order valence-electron chi connectivity index (χ3n) is 8.57. The van der Waals surface area contributed by atoms with Crippen LogP contribution >= 0.6 is 18.7 Å². The van der Waals surface area contributed by atoms with E-state index in [0.717, 1.165) is 44.5 Å². The lowest BCUT2D eigenvalue weighted by molar-refractivity contribution is -0.0497. The predicted octanol–water partition coefficient (Wildman–Crippen LogP) is 6.56. The summed E-state index contributed by atoms with van der Waals surface area (Å²) in [5.74, 6) is 1.71. The number of aryl methyl sites for hydroxylation is 2. The molecule has 3 aliphatic rings. The van der Waals surface area contributed by atoms with Crippen molar-refractivity contribution < 1.29 is 18.1 Å². The van der Waals surface area contributed by atoms with E-state index in [9.17, 15) is 13.3 Å².